The summed E-state index contributed by atoms with van der Waals surface area (Å²) >= 11 is 5.89. The molecule has 0 radical (unpaired) electrons. The molecule has 0 bridgehead atoms. The number of nitrogens with two attached hydrogens (primary N) is 1. The van der Waals surface area contributed by atoms with Gasteiger partial charge < -0.3 is 10.5 Å². The van der Waals surface area contributed by atoms with Crippen LogP contribution in [0.4, 0.5) is 5.69 Å². The molecular weight excluding hydrogens is 193 g/mol. The lowest BCUT2D eigenvalue weighted by molar-refractivity contribution is 0.341. The molecule has 0 aromatic heterocycles. The smallest absolute Gasteiger partial charge is 0.139 e. The zero-order chi connectivity index (χ0) is 9.14. The largest absolute Gasteiger partial charge is 0.492 e. The maximum Gasteiger partial charge on any atom is 0.139 e. The molecule has 1 aromatic rings. The average Bonchev–Trinajstić information content (AvgIpc) is 2.01. The zero-order valence-corrected chi connectivity index (χ0v) is 8.71. The predicted octanol–water partition coefficient (Wildman–Crippen LogP) is 1.82. The van der Waals surface area contributed by atoms with Crippen molar-refractivity contribution in [1.82, 2.24) is 0 Å². The summed E-state index contributed by atoms with van der Waals surface area (Å²) in [5, 5.41) is 1.49. The summed E-state index contributed by atoms with van der Waals surface area (Å²) < 4.78 is 5.25. The third-order valence-corrected chi connectivity index (χ3v) is 2.23. The molecule has 4 heteroatoms. The van der Waals surface area contributed by atoms with Gasteiger partial charge in [0, 0.05) is 11.8 Å². The highest BCUT2D eigenvalue weighted by atomic mass is 35.5. The maximum absolute atomic E-state index is 5.89. The monoisotopic (exact) mass is 203 g/mol. The van der Waals surface area contributed by atoms with Gasteiger partial charge in [-0.3, -0.25) is 0 Å². The van der Waals surface area contributed by atoms with Crippen molar-refractivity contribution in [1.29, 1.82) is 0 Å². The van der Waals surface area contributed by atoms with Gasteiger partial charge in [-0.15, -0.1) is 9.24 Å². The second kappa shape index (κ2) is 3.97. The van der Waals surface area contributed by atoms with Gasteiger partial charge >= 0.3 is 0 Å². The van der Waals surface area contributed by atoms with E-state index in [1.54, 1.807) is 12.1 Å². The summed E-state index contributed by atoms with van der Waals surface area (Å²) in [6.07, 6.45) is 0. The Bertz CT molecular complexity index is 291. The summed E-state index contributed by atoms with van der Waals surface area (Å²) in [6.45, 7) is 2.50. The Kier molecular flexibility index (Phi) is 3.19. The summed E-state index contributed by atoms with van der Waals surface area (Å²) in [7, 11) is 2.51. The fraction of sp³-hybridized carbons (Fsp3) is 0.250. The Morgan fingerprint density at radius 3 is 2.83 bits per heavy atom. The second-order valence-corrected chi connectivity index (χ2v) is 3.37. The van der Waals surface area contributed by atoms with Gasteiger partial charge in [0.15, 0.2) is 0 Å². The highest BCUT2D eigenvalue weighted by Gasteiger charge is 2.03. The Morgan fingerprint density at radius 1 is 1.58 bits per heavy atom. The van der Waals surface area contributed by atoms with Gasteiger partial charge in [-0.05, 0) is 18.3 Å². The van der Waals surface area contributed by atoms with E-state index in [0.717, 1.165) is 5.30 Å². The molecule has 0 heterocycles. The SMILES string of the molecule is CCOc1cc(N)c(P)cc1Cl. The van der Waals surface area contributed by atoms with Crippen molar-refractivity contribution in [3.63, 3.8) is 0 Å². The Hall–Kier alpha value is -0.460. The Balaban J connectivity index is 3.05. The fourth-order valence-corrected chi connectivity index (χ4v) is 1.43. The standard InChI is InChI=1S/C8H11ClNOP/c1-2-11-7-4-6(10)8(12)3-5(7)9/h3-4H,2,10,12H2,1H3. The van der Waals surface area contributed by atoms with Crippen molar-refractivity contribution < 1.29 is 4.74 Å². The van der Waals surface area contributed by atoms with E-state index in [-0.39, 0.29) is 0 Å². The van der Waals surface area contributed by atoms with Crippen molar-refractivity contribution in [3.05, 3.63) is 17.2 Å². The van der Waals surface area contributed by atoms with Crippen LogP contribution >= 0.6 is 20.8 Å². The van der Waals surface area contributed by atoms with E-state index in [2.05, 4.69) is 9.24 Å². The van der Waals surface area contributed by atoms with Crippen LogP contribution < -0.4 is 15.8 Å². The lowest BCUT2D eigenvalue weighted by Crippen LogP contribution is -2.03. The minimum absolute atomic E-state index is 0.593. The number of anilines is 1. The molecule has 66 valence electrons. The number of benzene rings is 1. The van der Waals surface area contributed by atoms with E-state index in [9.17, 15) is 0 Å². The van der Waals surface area contributed by atoms with E-state index >= 15 is 0 Å². The van der Waals surface area contributed by atoms with E-state index in [1.165, 1.54) is 0 Å². The van der Waals surface area contributed by atoms with Crippen LogP contribution in [-0.2, 0) is 0 Å². The highest BCUT2D eigenvalue weighted by molar-refractivity contribution is 7.28. The molecule has 0 aliphatic rings. The lowest BCUT2D eigenvalue weighted by Gasteiger charge is -2.07. The molecule has 2 nitrogen and oxygen atoms in total. The molecule has 0 spiro atoms. The molecule has 1 rings (SSSR count). The first kappa shape index (κ1) is 9.63. The molecule has 0 aliphatic heterocycles. The highest BCUT2D eigenvalue weighted by Crippen LogP contribution is 2.26. The first-order valence-electron chi connectivity index (χ1n) is 3.62. The predicted molar refractivity (Wildman–Crippen MR) is 56.4 cm³/mol. The Labute approximate surface area is 79.2 Å². The molecule has 0 saturated carbocycles. The van der Waals surface area contributed by atoms with Crippen molar-refractivity contribution >= 4 is 31.8 Å². The molecular formula is C8H11ClNOP. The third-order valence-electron chi connectivity index (χ3n) is 1.44. The summed E-state index contributed by atoms with van der Waals surface area (Å²) in [5.41, 5.74) is 6.33. The van der Waals surface area contributed by atoms with Crippen molar-refractivity contribution in [2.75, 3.05) is 12.3 Å². The third kappa shape index (κ3) is 2.02. The van der Waals surface area contributed by atoms with Gasteiger partial charge in [-0.2, -0.15) is 0 Å². The van der Waals surface area contributed by atoms with Gasteiger partial charge in [0.25, 0.3) is 0 Å². The fourth-order valence-electron chi connectivity index (χ4n) is 0.851. The van der Waals surface area contributed by atoms with Gasteiger partial charge in [-0.25, -0.2) is 0 Å². The van der Waals surface area contributed by atoms with E-state index < -0.39 is 0 Å². The van der Waals surface area contributed by atoms with Gasteiger partial charge in [0.05, 0.1) is 11.6 Å². The van der Waals surface area contributed by atoms with Crippen LogP contribution in [0.3, 0.4) is 0 Å². The molecule has 0 fully saturated rings. The first-order chi connectivity index (χ1) is 5.65. The van der Waals surface area contributed by atoms with Gasteiger partial charge in [-0.1, -0.05) is 11.6 Å². The van der Waals surface area contributed by atoms with Crippen molar-refractivity contribution in [2.45, 2.75) is 6.92 Å². The number of rotatable bonds is 2. The zero-order valence-electron chi connectivity index (χ0n) is 6.80. The number of ether oxygens (including phenoxy) is 1. The number of hydrogen-bond acceptors (Lipinski definition) is 2. The van der Waals surface area contributed by atoms with Gasteiger partial charge in [0.1, 0.15) is 5.75 Å². The molecule has 1 aromatic carbocycles. The van der Waals surface area contributed by atoms with E-state index in [0.29, 0.717) is 23.1 Å². The van der Waals surface area contributed by atoms with Crippen LogP contribution in [0.5, 0.6) is 5.75 Å². The minimum atomic E-state index is 0.593. The average molecular weight is 204 g/mol. The van der Waals surface area contributed by atoms with Crippen LogP contribution in [0.25, 0.3) is 0 Å². The quantitative estimate of drug-likeness (QED) is 0.588. The molecule has 1 atom stereocenters. The lowest BCUT2D eigenvalue weighted by atomic mass is 10.3. The number of halogens is 1. The van der Waals surface area contributed by atoms with E-state index in [1.807, 2.05) is 6.92 Å². The van der Waals surface area contributed by atoms with Crippen molar-refractivity contribution in [2.24, 2.45) is 0 Å². The normalized spacial score (nSPS) is 9.92. The van der Waals surface area contributed by atoms with Crippen LogP contribution in [0.2, 0.25) is 5.02 Å². The molecule has 12 heavy (non-hydrogen) atoms. The molecule has 2 N–H and O–H groups in total. The first-order valence-corrected chi connectivity index (χ1v) is 4.58. The van der Waals surface area contributed by atoms with Crippen LogP contribution in [0.1, 0.15) is 6.92 Å². The van der Waals surface area contributed by atoms with E-state index in [4.69, 9.17) is 22.1 Å². The summed E-state index contributed by atoms with van der Waals surface area (Å²) in [5.74, 6) is 0.642. The topological polar surface area (TPSA) is 35.2 Å². The molecule has 0 saturated heterocycles. The maximum atomic E-state index is 5.89. The minimum Gasteiger partial charge on any atom is -0.492 e. The van der Waals surface area contributed by atoms with Crippen molar-refractivity contribution in [3.8, 4) is 5.75 Å². The number of hydrogen-bond donors (Lipinski definition) is 1. The molecule has 0 aliphatic carbocycles. The number of nitrogen functional groups attached to an aromatic ring is 1. The second-order valence-electron chi connectivity index (χ2n) is 2.34. The summed E-state index contributed by atoms with van der Waals surface area (Å²) in [4.78, 5) is 0. The Morgan fingerprint density at radius 2 is 2.25 bits per heavy atom. The van der Waals surface area contributed by atoms with Crippen LogP contribution in [0.15, 0.2) is 12.1 Å². The molecule has 1 unspecified atom stereocenters. The van der Waals surface area contributed by atoms with Crippen LogP contribution in [-0.4, -0.2) is 6.61 Å². The molecule has 0 amide bonds. The summed E-state index contributed by atoms with van der Waals surface area (Å²) in [6, 6.07) is 3.50. The van der Waals surface area contributed by atoms with Gasteiger partial charge in [0.2, 0.25) is 0 Å². The van der Waals surface area contributed by atoms with Crippen LogP contribution in [0, 0.1) is 0 Å².